The number of aromatic nitrogens is 3. The van der Waals surface area contributed by atoms with E-state index in [9.17, 15) is 4.79 Å². The Bertz CT molecular complexity index is 882. The van der Waals surface area contributed by atoms with E-state index in [4.69, 9.17) is 25.9 Å². The molecule has 0 spiro atoms. The Morgan fingerprint density at radius 1 is 1.23 bits per heavy atom. The molecule has 162 valence electrons. The van der Waals surface area contributed by atoms with Crippen LogP contribution in [0.4, 0.5) is 16.3 Å². The van der Waals surface area contributed by atoms with Gasteiger partial charge in [-0.25, -0.2) is 19.7 Å². The van der Waals surface area contributed by atoms with Crippen LogP contribution in [0.15, 0.2) is 24.5 Å². The van der Waals surface area contributed by atoms with Crippen LogP contribution >= 0.6 is 11.6 Å². The number of carbonyl (C=O) groups excluding carboxylic acids is 1. The van der Waals surface area contributed by atoms with Gasteiger partial charge in [0.25, 0.3) is 0 Å². The number of nitrogens with zero attached hydrogens (tertiary/aromatic N) is 4. The summed E-state index contributed by atoms with van der Waals surface area (Å²) in [5.74, 6) is 1.07. The van der Waals surface area contributed by atoms with Crippen LogP contribution in [0.3, 0.4) is 0 Å². The largest absolute Gasteiger partial charge is 0.528 e. The van der Waals surface area contributed by atoms with Crippen molar-refractivity contribution in [3.8, 4) is 5.88 Å². The first-order valence-corrected chi connectivity index (χ1v) is 10.1. The first-order valence-electron chi connectivity index (χ1n) is 9.73. The standard InChI is InChI=1S/C20H26ClN5O4/c1-13-15(5-6-16(21)24-13)25-17-11-18(23-12-22-17)28-14-7-9-26(10-8-14)30-19(27)29-20(2,3)4/h5-6,11-12,14H,7-10H2,1-4H3,(H,22,23,25). The molecule has 0 amide bonds. The van der Waals surface area contributed by atoms with E-state index in [0.717, 1.165) is 11.4 Å². The fraction of sp³-hybridized carbons (Fsp3) is 0.500. The number of rotatable bonds is 5. The third kappa shape index (κ3) is 6.70. The summed E-state index contributed by atoms with van der Waals surface area (Å²) < 4.78 is 11.2. The lowest BCUT2D eigenvalue weighted by Gasteiger charge is -2.30. The Balaban J connectivity index is 1.50. The van der Waals surface area contributed by atoms with Crippen molar-refractivity contribution in [2.45, 2.75) is 52.2 Å². The highest BCUT2D eigenvalue weighted by Gasteiger charge is 2.26. The van der Waals surface area contributed by atoms with Crippen molar-refractivity contribution < 1.29 is 19.1 Å². The van der Waals surface area contributed by atoms with Crippen molar-refractivity contribution >= 4 is 29.3 Å². The molecule has 0 atom stereocenters. The predicted octanol–water partition coefficient (Wildman–Crippen LogP) is 4.29. The second-order valence-electron chi connectivity index (χ2n) is 7.94. The Hall–Kier alpha value is -2.65. The Labute approximate surface area is 180 Å². The van der Waals surface area contributed by atoms with Crippen molar-refractivity contribution in [3.63, 3.8) is 0 Å². The molecule has 0 bridgehead atoms. The zero-order valence-corrected chi connectivity index (χ0v) is 18.3. The van der Waals surface area contributed by atoms with Crippen LogP contribution in [0.2, 0.25) is 5.15 Å². The molecule has 2 aromatic rings. The second kappa shape index (κ2) is 9.44. The van der Waals surface area contributed by atoms with Gasteiger partial charge in [0.15, 0.2) is 0 Å². The number of ether oxygens (including phenoxy) is 2. The van der Waals surface area contributed by atoms with Crippen molar-refractivity contribution in [3.05, 3.63) is 35.4 Å². The van der Waals surface area contributed by atoms with Crippen molar-refractivity contribution in [2.75, 3.05) is 18.4 Å². The summed E-state index contributed by atoms with van der Waals surface area (Å²) in [7, 11) is 0. The summed E-state index contributed by atoms with van der Waals surface area (Å²) in [4.78, 5) is 29.6. The molecule has 1 aliphatic heterocycles. The first kappa shape index (κ1) is 22.0. The van der Waals surface area contributed by atoms with Gasteiger partial charge in [0.2, 0.25) is 5.88 Å². The summed E-state index contributed by atoms with van der Waals surface area (Å²) in [6.07, 6.45) is 2.09. The molecule has 1 N–H and O–H groups in total. The fourth-order valence-corrected chi connectivity index (χ4v) is 3.05. The highest BCUT2D eigenvalue weighted by atomic mass is 35.5. The highest BCUT2D eigenvalue weighted by molar-refractivity contribution is 6.29. The normalized spacial score (nSPS) is 15.5. The number of anilines is 2. The second-order valence-corrected chi connectivity index (χ2v) is 8.32. The molecule has 1 aliphatic rings. The summed E-state index contributed by atoms with van der Waals surface area (Å²) in [6.45, 7) is 8.35. The van der Waals surface area contributed by atoms with Gasteiger partial charge in [-0.05, 0) is 39.8 Å². The fourth-order valence-electron chi connectivity index (χ4n) is 2.86. The topological polar surface area (TPSA) is 98.7 Å². The lowest BCUT2D eigenvalue weighted by Crippen LogP contribution is -2.40. The van der Waals surface area contributed by atoms with E-state index in [0.29, 0.717) is 42.8 Å². The Morgan fingerprint density at radius 3 is 2.63 bits per heavy atom. The molecule has 0 radical (unpaired) electrons. The maximum Gasteiger partial charge on any atom is 0.528 e. The summed E-state index contributed by atoms with van der Waals surface area (Å²) in [6, 6.07) is 5.29. The average Bonchev–Trinajstić information content (AvgIpc) is 2.64. The van der Waals surface area contributed by atoms with E-state index >= 15 is 0 Å². The Morgan fingerprint density at radius 2 is 1.97 bits per heavy atom. The predicted molar refractivity (Wildman–Crippen MR) is 112 cm³/mol. The lowest BCUT2D eigenvalue weighted by molar-refractivity contribution is -0.159. The van der Waals surface area contributed by atoms with Gasteiger partial charge in [0.05, 0.1) is 11.4 Å². The maximum atomic E-state index is 11.8. The minimum atomic E-state index is -0.694. The molecule has 2 aromatic heterocycles. The van der Waals surface area contributed by atoms with E-state index in [1.807, 2.05) is 13.0 Å². The van der Waals surface area contributed by atoms with Crippen molar-refractivity contribution in [1.29, 1.82) is 0 Å². The van der Waals surface area contributed by atoms with Crippen LogP contribution in [-0.2, 0) is 9.57 Å². The van der Waals surface area contributed by atoms with Crippen LogP contribution in [0.1, 0.15) is 39.3 Å². The zero-order valence-electron chi connectivity index (χ0n) is 17.5. The number of carbonyl (C=O) groups is 1. The third-order valence-corrected chi connectivity index (χ3v) is 4.45. The summed E-state index contributed by atoms with van der Waals surface area (Å²) >= 11 is 5.90. The van der Waals surface area contributed by atoms with Crippen LogP contribution in [0.25, 0.3) is 0 Å². The molecule has 0 aliphatic carbocycles. The number of aryl methyl sites for hydroxylation is 1. The van der Waals surface area contributed by atoms with Gasteiger partial charge in [-0.3, -0.25) is 0 Å². The molecular formula is C20H26ClN5O4. The third-order valence-electron chi connectivity index (χ3n) is 4.24. The average molecular weight is 436 g/mol. The highest BCUT2D eigenvalue weighted by Crippen LogP contribution is 2.23. The monoisotopic (exact) mass is 435 g/mol. The van der Waals surface area contributed by atoms with E-state index < -0.39 is 11.8 Å². The maximum absolute atomic E-state index is 11.8. The first-order chi connectivity index (χ1) is 14.2. The number of pyridine rings is 1. The number of hydrogen-bond donors (Lipinski definition) is 1. The number of halogens is 1. The van der Waals surface area contributed by atoms with E-state index in [1.165, 1.54) is 6.33 Å². The number of piperidine rings is 1. The van der Waals surface area contributed by atoms with Gasteiger partial charge in [-0.1, -0.05) is 11.6 Å². The van der Waals surface area contributed by atoms with E-state index in [-0.39, 0.29) is 6.10 Å². The van der Waals surface area contributed by atoms with Crippen LogP contribution in [-0.4, -0.2) is 51.0 Å². The molecule has 0 unspecified atom stereocenters. The van der Waals surface area contributed by atoms with Crippen molar-refractivity contribution in [1.82, 2.24) is 20.0 Å². The minimum Gasteiger partial charge on any atom is -0.474 e. The van der Waals surface area contributed by atoms with Gasteiger partial charge in [0.1, 0.15) is 29.0 Å². The molecule has 1 fully saturated rings. The molecule has 30 heavy (non-hydrogen) atoms. The van der Waals surface area contributed by atoms with Gasteiger partial charge in [-0.15, -0.1) is 5.06 Å². The molecule has 0 aromatic carbocycles. The Kier molecular flexibility index (Phi) is 6.94. The van der Waals surface area contributed by atoms with Crippen molar-refractivity contribution in [2.24, 2.45) is 0 Å². The van der Waals surface area contributed by atoms with Crippen LogP contribution in [0.5, 0.6) is 5.88 Å². The molecule has 0 saturated carbocycles. The molecule has 3 heterocycles. The summed E-state index contributed by atoms with van der Waals surface area (Å²) in [5.41, 5.74) is 0.982. The molecule has 9 nitrogen and oxygen atoms in total. The van der Waals surface area contributed by atoms with Crippen LogP contribution in [0, 0.1) is 6.92 Å². The summed E-state index contributed by atoms with van der Waals surface area (Å²) in [5, 5.41) is 5.22. The lowest BCUT2D eigenvalue weighted by atomic mass is 10.1. The number of hydrogen-bond acceptors (Lipinski definition) is 9. The minimum absolute atomic E-state index is 0.0369. The smallest absolute Gasteiger partial charge is 0.474 e. The van der Waals surface area contributed by atoms with Crippen LogP contribution < -0.4 is 10.1 Å². The molecule has 3 rings (SSSR count). The van der Waals surface area contributed by atoms with Gasteiger partial charge >= 0.3 is 6.16 Å². The SMILES string of the molecule is Cc1nc(Cl)ccc1Nc1cc(OC2CCN(OC(=O)OC(C)(C)C)CC2)ncn1. The number of nitrogens with one attached hydrogen (secondary N) is 1. The van der Waals surface area contributed by atoms with Gasteiger partial charge in [0, 0.05) is 32.0 Å². The molecular weight excluding hydrogens is 410 g/mol. The van der Waals surface area contributed by atoms with E-state index in [1.54, 1.807) is 38.0 Å². The quantitative estimate of drug-likeness (QED) is 0.544. The van der Waals surface area contributed by atoms with E-state index in [2.05, 4.69) is 20.3 Å². The van der Waals surface area contributed by atoms with Gasteiger partial charge < -0.3 is 19.6 Å². The molecule has 10 heteroatoms. The zero-order chi connectivity index (χ0) is 21.7. The number of hydroxylamine groups is 2. The van der Waals surface area contributed by atoms with Gasteiger partial charge in [-0.2, -0.15) is 0 Å². The molecule has 1 saturated heterocycles.